The summed E-state index contributed by atoms with van der Waals surface area (Å²) in [7, 11) is -1.91. The molecule has 0 saturated heterocycles. The minimum absolute atomic E-state index is 0.0602. The fraction of sp³-hybridized carbons (Fsp3) is 0.364. The van der Waals surface area contributed by atoms with Crippen LogP contribution in [0.25, 0.3) is 0 Å². The highest BCUT2D eigenvalue weighted by atomic mass is 32.2. The highest BCUT2D eigenvalue weighted by molar-refractivity contribution is 7.89. The molecule has 2 heterocycles. The van der Waals surface area contributed by atoms with Crippen molar-refractivity contribution in [3.05, 3.63) is 30.4 Å². The number of aryl methyl sites for hydroxylation is 1. The molecular formula is C11H15N5O4S. The molecule has 0 radical (unpaired) electrons. The lowest BCUT2D eigenvalue weighted by Gasteiger charge is -2.03. The number of nitrogens with zero attached hydrogens (tertiary/aromatic N) is 4. The zero-order valence-electron chi connectivity index (χ0n) is 11.3. The van der Waals surface area contributed by atoms with Gasteiger partial charge in [-0.05, 0) is 12.0 Å². The molecule has 2 aromatic rings. The Morgan fingerprint density at radius 3 is 2.71 bits per heavy atom. The van der Waals surface area contributed by atoms with Gasteiger partial charge in [-0.1, -0.05) is 0 Å². The van der Waals surface area contributed by atoms with Gasteiger partial charge in [0.25, 0.3) is 0 Å². The van der Waals surface area contributed by atoms with Crippen LogP contribution in [0, 0.1) is 0 Å². The van der Waals surface area contributed by atoms with Gasteiger partial charge < -0.3 is 5.11 Å². The normalized spacial score (nSPS) is 11.7. The van der Waals surface area contributed by atoms with Crippen molar-refractivity contribution in [1.82, 2.24) is 24.3 Å². The molecule has 0 spiro atoms. The van der Waals surface area contributed by atoms with E-state index in [-0.39, 0.29) is 18.0 Å². The monoisotopic (exact) mass is 313 g/mol. The topological polar surface area (TPSA) is 119 Å². The van der Waals surface area contributed by atoms with E-state index < -0.39 is 16.0 Å². The molecule has 0 aromatic carbocycles. The van der Waals surface area contributed by atoms with Gasteiger partial charge in [-0.25, -0.2) is 13.1 Å². The zero-order valence-corrected chi connectivity index (χ0v) is 12.1. The second kappa shape index (κ2) is 6.06. The van der Waals surface area contributed by atoms with Crippen molar-refractivity contribution < 1.29 is 18.3 Å². The fourth-order valence-electron chi connectivity index (χ4n) is 1.72. The number of hydrogen-bond donors (Lipinski definition) is 2. The standard InChI is InChI=1S/C11H15N5O4S/c1-15-6-9(4-12-15)2-3-14-21(19,20)10-5-13-16(7-10)8-11(17)18/h4-7,14H,2-3,8H2,1H3,(H,17,18). The summed E-state index contributed by atoms with van der Waals surface area (Å²) in [6.07, 6.45) is 6.28. The van der Waals surface area contributed by atoms with Gasteiger partial charge in [-0.3, -0.25) is 14.2 Å². The Morgan fingerprint density at radius 2 is 2.10 bits per heavy atom. The maximum atomic E-state index is 12.0. The zero-order chi connectivity index (χ0) is 15.5. The second-order valence-electron chi connectivity index (χ2n) is 4.44. The summed E-state index contributed by atoms with van der Waals surface area (Å²) in [4.78, 5) is 10.5. The van der Waals surface area contributed by atoms with Crippen LogP contribution in [0.5, 0.6) is 0 Å². The number of sulfonamides is 1. The predicted molar refractivity (Wildman–Crippen MR) is 72.0 cm³/mol. The molecule has 0 unspecified atom stereocenters. The summed E-state index contributed by atoms with van der Waals surface area (Å²) in [5.74, 6) is -1.09. The average Bonchev–Trinajstić information content (AvgIpc) is 2.98. The van der Waals surface area contributed by atoms with Gasteiger partial charge in [0.15, 0.2) is 0 Å². The molecule has 0 aliphatic heterocycles. The number of carbonyl (C=O) groups is 1. The van der Waals surface area contributed by atoms with Gasteiger partial charge in [-0.2, -0.15) is 10.2 Å². The van der Waals surface area contributed by atoms with Gasteiger partial charge in [0.1, 0.15) is 11.4 Å². The molecule has 21 heavy (non-hydrogen) atoms. The molecule has 0 saturated carbocycles. The number of carboxylic acid groups (broad SMARTS) is 1. The number of nitrogens with one attached hydrogen (secondary N) is 1. The van der Waals surface area contributed by atoms with E-state index in [4.69, 9.17) is 5.11 Å². The Kier molecular flexibility index (Phi) is 4.38. The van der Waals surface area contributed by atoms with E-state index in [9.17, 15) is 13.2 Å². The number of carboxylic acids is 1. The van der Waals surface area contributed by atoms with Crippen LogP contribution >= 0.6 is 0 Å². The Balaban J connectivity index is 1.94. The molecule has 2 rings (SSSR count). The van der Waals surface area contributed by atoms with E-state index in [0.717, 1.165) is 16.4 Å². The SMILES string of the molecule is Cn1cc(CCNS(=O)(=O)c2cnn(CC(=O)O)c2)cn1. The second-order valence-corrected chi connectivity index (χ2v) is 6.20. The first-order chi connectivity index (χ1) is 9.87. The van der Waals surface area contributed by atoms with Crippen LogP contribution in [-0.2, 0) is 34.8 Å². The Hall–Kier alpha value is -2.20. The molecule has 0 bridgehead atoms. The lowest BCUT2D eigenvalue weighted by molar-refractivity contribution is -0.137. The first kappa shape index (κ1) is 15.2. The minimum Gasteiger partial charge on any atom is -0.480 e. The first-order valence-corrected chi connectivity index (χ1v) is 7.56. The van der Waals surface area contributed by atoms with Crippen LogP contribution in [0.4, 0.5) is 0 Å². The Labute approximate surface area is 121 Å². The average molecular weight is 313 g/mol. The van der Waals surface area contributed by atoms with Crippen molar-refractivity contribution in [2.75, 3.05) is 6.54 Å². The largest absolute Gasteiger partial charge is 0.480 e. The van der Waals surface area contributed by atoms with E-state index in [0.29, 0.717) is 6.42 Å². The maximum Gasteiger partial charge on any atom is 0.325 e. The molecule has 2 aromatic heterocycles. The number of rotatable bonds is 7. The van der Waals surface area contributed by atoms with Crippen LogP contribution in [0.1, 0.15) is 5.56 Å². The molecule has 0 aliphatic carbocycles. The predicted octanol–water partition coefficient (Wildman–Crippen LogP) is -0.778. The van der Waals surface area contributed by atoms with Crippen molar-refractivity contribution >= 4 is 16.0 Å². The van der Waals surface area contributed by atoms with Crippen molar-refractivity contribution in [3.63, 3.8) is 0 Å². The van der Waals surface area contributed by atoms with Crippen molar-refractivity contribution in [2.24, 2.45) is 7.05 Å². The van der Waals surface area contributed by atoms with E-state index >= 15 is 0 Å². The third-order valence-corrected chi connectivity index (χ3v) is 4.10. The van der Waals surface area contributed by atoms with E-state index in [1.165, 1.54) is 6.20 Å². The van der Waals surface area contributed by atoms with Crippen LogP contribution in [0.3, 0.4) is 0 Å². The molecular weight excluding hydrogens is 298 g/mol. The van der Waals surface area contributed by atoms with Crippen LogP contribution < -0.4 is 4.72 Å². The lowest BCUT2D eigenvalue weighted by Crippen LogP contribution is -2.25. The third-order valence-electron chi connectivity index (χ3n) is 2.68. The smallest absolute Gasteiger partial charge is 0.325 e. The fourth-order valence-corrected chi connectivity index (χ4v) is 2.71. The number of aliphatic carboxylic acids is 1. The van der Waals surface area contributed by atoms with Crippen LogP contribution in [0.2, 0.25) is 0 Å². The number of hydrogen-bond acceptors (Lipinski definition) is 5. The Morgan fingerprint density at radius 1 is 1.33 bits per heavy atom. The molecule has 10 heteroatoms. The molecule has 0 amide bonds. The van der Waals surface area contributed by atoms with Crippen LogP contribution in [-0.4, -0.2) is 45.6 Å². The summed E-state index contributed by atoms with van der Waals surface area (Å²) in [6, 6.07) is 0. The van der Waals surface area contributed by atoms with Crippen molar-refractivity contribution in [3.8, 4) is 0 Å². The highest BCUT2D eigenvalue weighted by Crippen LogP contribution is 2.07. The van der Waals surface area contributed by atoms with Gasteiger partial charge in [0, 0.05) is 26.0 Å². The third kappa shape index (κ3) is 4.13. The van der Waals surface area contributed by atoms with E-state index in [1.807, 2.05) is 0 Å². The number of aromatic nitrogens is 4. The minimum atomic E-state index is -3.69. The first-order valence-electron chi connectivity index (χ1n) is 6.08. The Bertz CT molecular complexity index is 733. The lowest BCUT2D eigenvalue weighted by atomic mass is 10.3. The van der Waals surface area contributed by atoms with Gasteiger partial charge in [0.05, 0.1) is 12.4 Å². The summed E-state index contributed by atoms with van der Waals surface area (Å²) in [6.45, 7) is -0.163. The summed E-state index contributed by atoms with van der Waals surface area (Å²) >= 11 is 0. The van der Waals surface area contributed by atoms with E-state index in [1.54, 1.807) is 24.1 Å². The summed E-state index contributed by atoms with van der Waals surface area (Å²) < 4.78 is 29.1. The molecule has 0 atom stereocenters. The van der Waals surface area contributed by atoms with Crippen LogP contribution in [0.15, 0.2) is 29.7 Å². The quantitative estimate of drug-likeness (QED) is 0.692. The molecule has 0 aliphatic rings. The maximum absolute atomic E-state index is 12.0. The van der Waals surface area contributed by atoms with Gasteiger partial charge in [0.2, 0.25) is 10.0 Å². The molecule has 114 valence electrons. The molecule has 2 N–H and O–H groups in total. The van der Waals surface area contributed by atoms with Crippen molar-refractivity contribution in [2.45, 2.75) is 17.9 Å². The summed E-state index contributed by atoms with van der Waals surface area (Å²) in [5, 5.41) is 16.3. The van der Waals surface area contributed by atoms with E-state index in [2.05, 4.69) is 14.9 Å². The van der Waals surface area contributed by atoms with Gasteiger partial charge in [-0.15, -0.1) is 0 Å². The summed E-state index contributed by atoms with van der Waals surface area (Å²) in [5.41, 5.74) is 0.918. The molecule has 9 nitrogen and oxygen atoms in total. The van der Waals surface area contributed by atoms with Crippen molar-refractivity contribution in [1.29, 1.82) is 0 Å². The molecule has 0 fully saturated rings. The van der Waals surface area contributed by atoms with Gasteiger partial charge >= 0.3 is 5.97 Å². The highest BCUT2D eigenvalue weighted by Gasteiger charge is 2.16.